The predicted octanol–water partition coefficient (Wildman–Crippen LogP) is 2.87. The number of aromatic nitrogens is 1. The largest absolute Gasteiger partial charge is 0.396 e. The topological polar surface area (TPSA) is 82.5 Å². The van der Waals surface area contributed by atoms with Gasteiger partial charge in [0.05, 0.1) is 16.1 Å². The van der Waals surface area contributed by atoms with E-state index in [0.29, 0.717) is 18.2 Å². The third kappa shape index (κ3) is 4.65. The first-order valence-electron chi connectivity index (χ1n) is 9.35. The van der Waals surface area contributed by atoms with E-state index < -0.39 is 0 Å². The van der Waals surface area contributed by atoms with E-state index in [4.69, 9.17) is 0 Å². The van der Waals surface area contributed by atoms with Gasteiger partial charge < -0.3 is 10.4 Å². The zero-order chi connectivity index (χ0) is 19.6. The average molecular weight is 390 g/mol. The minimum Gasteiger partial charge on any atom is -0.396 e. The van der Waals surface area contributed by atoms with Crippen molar-refractivity contribution in [2.45, 2.75) is 40.0 Å². The summed E-state index contributed by atoms with van der Waals surface area (Å²) in [6, 6.07) is 6.03. The number of carbonyl (C=O) groups is 2. The first-order chi connectivity index (χ1) is 12.8. The number of nitrogens with one attached hydrogen (secondary N) is 1. The summed E-state index contributed by atoms with van der Waals surface area (Å²) in [6.07, 6.45) is 1.87. The van der Waals surface area contributed by atoms with Gasteiger partial charge in [-0.05, 0) is 42.9 Å². The van der Waals surface area contributed by atoms with E-state index in [0.717, 1.165) is 28.6 Å². The molecule has 1 atom stereocenters. The maximum atomic E-state index is 12.4. The van der Waals surface area contributed by atoms with Crippen LogP contribution in [0.1, 0.15) is 38.7 Å². The monoisotopic (exact) mass is 389 g/mol. The van der Waals surface area contributed by atoms with Crippen molar-refractivity contribution in [1.29, 1.82) is 0 Å². The Morgan fingerprint density at radius 2 is 2.22 bits per heavy atom. The third-order valence-electron chi connectivity index (χ3n) is 5.02. The zero-order valence-corrected chi connectivity index (χ0v) is 16.9. The molecule has 2 N–H and O–H groups in total. The number of anilines is 1. The Morgan fingerprint density at radius 1 is 1.44 bits per heavy atom. The van der Waals surface area contributed by atoms with Gasteiger partial charge in [0.25, 0.3) is 0 Å². The standard InChI is InChI=1S/C20H27N3O3S/c1-13-5-6-15-16(9-13)27-19(22-15)23-11-14(10-17(23)25)18(26)21-8-4-7-20(2,3)12-24/h5-6,9,14,24H,4,7-8,10-12H2,1-3H3,(H,21,26). The number of carbonyl (C=O) groups excluding carboxylic acids is 2. The molecule has 1 aromatic heterocycles. The minimum atomic E-state index is -0.336. The number of aliphatic hydroxyl groups is 1. The Bertz CT molecular complexity index is 846. The number of thiazole rings is 1. The summed E-state index contributed by atoms with van der Waals surface area (Å²) < 4.78 is 1.05. The highest BCUT2D eigenvalue weighted by Gasteiger charge is 2.36. The maximum Gasteiger partial charge on any atom is 0.229 e. The molecule has 1 aromatic carbocycles. The fraction of sp³-hybridized carbons (Fsp3) is 0.550. The highest BCUT2D eigenvalue weighted by Crippen LogP contribution is 2.33. The molecule has 146 valence electrons. The average Bonchev–Trinajstić information content (AvgIpc) is 3.21. The van der Waals surface area contributed by atoms with Crippen LogP contribution in [0.25, 0.3) is 10.2 Å². The molecular formula is C20H27N3O3S. The maximum absolute atomic E-state index is 12.4. The van der Waals surface area contributed by atoms with Crippen LogP contribution in [0.2, 0.25) is 0 Å². The van der Waals surface area contributed by atoms with Crippen LogP contribution in [0.5, 0.6) is 0 Å². The summed E-state index contributed by atoms with van der Waals surface area (Å²) in [4.78, 5) is 31.0. The SMILES string of the molecule is Cc1ccc2nc(N3CC(C(=O)NCCCC(C)(C)CO)CC3=O)sc2c1. The van der Waals surface area contributed by atoms with Gasteiger partial charge in [-0.1, -0.05) is 31.3 Å². The molecule has 0 aliphatic carbocycles. The zero-order valence-electron chi connectivity index (χ0n) is 16.1. The van der Waals surface area contributed by atoms with Gasteiger partial charge >= 0.3 is 0 Å². The van der Waals surface area contributed by atoms with Crippen molar-refractivity contribution in [3.8, 4) is 0 Å². The lowest BCUT2D eigenvalue weighted by Crippen LogP contribution is -2.34. The van der Waals surface area contributed by atoms with Crippen LogP contribution < -0.4 is 10.2 Å². The number of fused-ring (bicyclic) bond motifs is 1. The van der Waals surface area contributed by atoms with Crippen molar-refractivity contribution in [3.63, 3.8) is 0 Å². The molecular weight excluding hydrogens is 362 g/mol. The quantitative estimate of drug-likeness (QED) is 0.714. The molecule has 0 spiro atoms. The van der Waals surface area contributed by atoms with Crippen LogP contribution >= 0.6 is 11.3 Å². The number of hydrogen-bond acceptors (Lipinski definition) is 5. The summed E-state index contributed by atoms with van der Waals surface area (Å²) in [5, 5.41) is 12.9. The second-order valence-electron chi connectivity index (χ2n) is 8.09. The van der Waals surface area contributed by atoms with E-state index in [2.05, 4.69) is 16.4 Å². The lowest BCUT2D eigenvalue weighted by molar-refractivity contribution is -0.126. The summed E-state index contributed by atoms with van der Waals surface area (Å²) in [7, 11) is 0. The normalized spacial score (nSPS) is 17.7. The van der Waals surface area contributed by atoms with E-state index in [9.17, 15) is 14.7 Å². The molecule has 2 heterocycles. The number of rotatable bonds is 7. The summed E-state index contributed by atoms with van der Waals surface area (Å²) in [5.74, 6) is -0.464. The number of hydrogen-bond donors (Lipinski definition) is 2. The van der Waals surface area contributed by atoms with Crippen molar-refractivity contribution in [1.82, 2.24) is 10.3 Å². The molecule has 0 radical (unpaired) electrons. The van der Waals surface area contributed by atoms with E-state index >= 15 is 0 Å². The minimum absolute atomic E-state index is 0.0488. The highest BCUT2D eigenvalue weighted by atomic mass is 32.1. The van der Waals surface area contributed by atoms with Crippen LogP contribution in [-0.4, -0.2) is 41.6 Å². The number of aliphatic hydroxyl groups excluding tert-OH is 1. The van der Waals surface area contributed by atoms with E-state index in [1.807, 2.05) is 32.9 Å². The van der Waals surface area contributed by atoms with Gasteiger partial charge in [0.15, 0.2) is 5.13 Å². The number of aryl methyl sites for hydroxylation is 1. The Hall–Kier alpha value is -1.99. The fourth-order valence-electron chi connectivity index (χ4n) is 3.21. The van der Waals surface area contributed by atoms with Gasteiger partial charge in [0.1, 0.15) is 0 Å². The third-order valence-corrected chi connectivity index (χ3v) is 6.06. The molecule has 2 amide bonds. The van der Waals surface area contributed by atoms with Crippen LogP contribution in [-0.2, 0) is 9.59 Å². The highest BCUT2D eigenvalue weighted by molar-refractivity contribution is 7.22. The molecule has 1 aliphatic heterocycles. The molecule has 1 fully saturated rings. The molecule has 0 saturated carbocycles. The van der Waals surface area contributed by atoms with Crippen LogP contribution in [0, 0.1) is 18.3 Å². The Morgan fingerprint density at radius 3 is 2.96 bits per heavy atom. The second-order valence-corrected chi connectivity index (χ2v) is 9.10. The van der Waals surface area contributed by atoms with Crippen molar-refractivity contribution >= 4 is 38.5 Å². The van der Waals surface area contributed by atoms with Crippen molar-refractivity contribution in [2.24, 2.45) is 11.3 Å². The molecule has 3 rings (SSSR count). The molecule has 27 heavy (non-hydrogen) atoms. The molecule has 1 saturated heterocycles. The van der Waals surface area contributed by atoms with Crippen molar-refractivity contribution in [2.75, 3.05) is 24.6 Å². The molecule has 7 heteroatoms. The summed E-state index contributed by atoms with van der Waals surface area (Å²) >= 11 is 1.49. The van der Waals surface area contributed by atoms with Crippen LogP contribution in [0.4, 0.5) is 5.13 Å². The summed E-state index contributed by atoms with van der Waals surface area (Å²) in [6.45, 7) is 7.11. The Labute approximate surface area is 163 Å². The van der Waals surface area contributed by atoms with Gasteiger partial charge in [-0.2, -0.15) is 0 Å². The fourth-order valence-corrected chi connectivity index (χ4v) is 4.30. The first kappa shape index (κ1) is 19.8. The lowest BCUT2D eigenvalue weighted by Gasteiger charge is -2.21. The lowest BCUT2D eigenvalue weighted by atomic mass is 9.89. The molecule has 2 aromatic rings. The smallest absolute Gasteiger partial charge is 0.229 e. The van der Waals surface area contributed by atoms with Gasteiger partial charge in [-0.25, -0.2) is 4.98 Å². The van der Waals surface area contributed by atoms with Gasteiger partial charge in [0.2, 0.25) is 11.8 Å². The second kappa shape index (κ2) is 7.94. The molecule has 1 unspecified atom stereocenters. The van der Waals surface area contributed by atoms with Crippen molar-refractivity contribution < 1.29 is 14.7 Å². The number of nitrogens with zero attached hydrogens (tertiary/aromatic N) is 2. The van der Waals surface area contributed by atoms with Gasteiger partial charge in [-0.3, -0.25) is 14.5 Å². The molecule has 1 aliphatic rings. The number of amides is 2. The number of benzene rings is 1. The van der Waals surface area contributed by atoms with Gasteiger partial charge in [-0.15, -0.1) is 0 Å². The molecule has 6 nitrogen and oxygen atoms in total. The summed E-state index contributed by atoms with van der Waals surface area (Å²) in [5.41, 5.74) is 1.91. The van der Waals surface area contributed by atoms with Crippen LogP contribution in [0.15, 0.2) is 18.2 Å². The Kier molecular flexibility index (Phi) is 5.81. The molecule has 0 bridgehead atoms. The van der Waals surface area contributed by atoms with Gasteiger partial charge in [0, 0.05) is 26.1 Å². The van der Waals surface area contributed by atoms with Crippen molar-refractivity contribution in [3.05, 3.63) is 23.8 Å². The van der Waals surface area contributed by atoms with Crippen LogP contribution in [0.3, 0.4) is 0 Å². The first-order valence-corrected chi connectivity index (χ1v) is 10.2. The predicted molar refractivity (Wildman–Crippen MR) is 108 cm³/mol. The Balaban J connectivity index is 1.57. The van der Waals surface area contributed by atoms with E-state index in [1.165, 1.54) is 11.3 Å². The van der Waals surface area contributed by atoms with E-state index in [1.54, 1.807) is 4.90 Å². The van der Waals surface area contributed by atoms with E-state index in [-0.39, 0.29) is 36.2 Å².